The van der Waals surface area contributed by atoms with Crippen molar-refractivity contribution >= 4 is 15.9 Å². The molecule has 0 saturated carbocycles. The molecule has 1 heterocycles. The first-order chi connectivity index (χ1) is 10.2. The minimum Gasteiger partial charge on any atom is -0.457 e. The van der Waals surface area contributed by atoms with E-state index < -0.39 is 0 Å². The summed E-state index contributed by atoms with van der Waals surface area (Å²) in [4.78, 5) is 0. The predicted molar refractivity (Wildman–Crippen MR) is 86.4 cm³/mol. The van der Waals surface area contributed by atoms with Crippen molar-refractivity contribution in [2.45, 2.75) is 6.92 Å². The maximum absolute atomic E-state index is 5.88. The van der Waals surface area contributed by atoms with Crippen molar-refractivity contribution < 1.29 is 4.74 Å². The van der Waals surface area contributed by atoms with Crippen molar-refractivity contribution in [1.82, 2.24) is 10.2 Å². The Morgan fingerprint density at radius 3 is 2.43 bits per heavy atom. The lowest BCUT2D eigenvalue weighted by atomic mass is 10.1. The Kier molecular flexibility index (Phi) is 3.97. The number of aryl methyl sites for hydroxylation is 1. The average Bonchev–Trinajstić information content (AvgIpc) is 2.52. The summed E-state index contributed by atoms with van der Waals surface area (Å²) >= 11 is 3.54. The Morgan fingerprint density at radius 1 is 0.952 bits per heavy atom. The van der Waals surface area contributed by atoms with Crippen LogP contribution in [0.25, 0.3) is 11.3 Å². The van der Waals surface area contributed by atoms with Gasteiger partial charge in [-0.1, -0.05) is 33.6 Å². The Morgan fingerprint density at radius 2 is 1.71 bits per heavy atom. The van der Waals surface area contributed by atoms with E-state index in [1.165, 1.54) is 5.56 Å². The number of rotatable bonds is 3. The maximum atomic E-state index is 5.88. The molecule has 3 aromatic rings. The summed E-state index contributed by atoms with van der Waals surface area (Å²) in [6.45, 7) is 2.05. The van der Waals surface area contributed by atoms with Crippen molar-refractivity contribution in [3.05, 3.63) is 70.8 Å². The van der Waals surface area contributed by atoms with E-state index in [-0.39, 0.29) is 0 Å². The fourth-order valence-corrected chi connectivity index (χ4v) is 2.40. The van der Waals surface area contributed by atoms with E-state index >= 15 is 0 Å². The molecule has 3 nitrogen and oxygen atoms in total. The summed E-state index contributed by atoms with van der Waals surface area (Å²) in [5, 5.41) is 8.05. The van der Waals surface area contributed by atoms with Gasteiger partial charge in [0, 0.05) is 16.2 Å². The second-order valence-electron chi connectivity index (χ2n) is 4.67. The molecule has 0 aliphatic rings. The first kappa shape index (κ1) is 13.8. The van der Waals surface area contributed by atoms with Gasteiger partial charge in [-0.3, -0.25) is 0 Å². The third-order valence-electron chi connectivity index (χ3n) is 3.04. The molecule has 0 saturated heterocycles. The maximum Gasteiger partial charge on any atom is 0.128 e. The van der Waals surface area contributed by atoms with Gasteiger partial charge in [-0.05, 0) is 49.4 Å². The Balaban J connectivity index is 1.92. The Labute approximate surface area is 131 Å². The molecule has 0 spiro atoms. The van der Waals surface area contributed by atoms with Crippen LogP contribution in [0.3, 0.4) is 0 Å². The molecule has 1 aromatic heterocycles. The van der Waals surface area contributed by atoms with Crippen LogP contribution in [0.4, 0.5) is 0 Å². The van der Waals surface area contributed by atoms with E-state index in [2.05, 4.69) is 33.1 Å². The Hall–Kier alpha value is -2.20. The normalized spacial score (nSPS) is 10.4. The van der Waals surface area contributed by atoms with Crippen LogP contribution in [0.2, 0.25) is 0 Å². The van der Waals surface area contributed by atoms with Crippen molar-refractivity contribution in [2.75, 3.05) is 0 Å². The first-order valence-corrected chi connectivity index (χ1v) is 7.34. The minimum atomic E-state index is 0.766. The highest BCUT2D eigenvalue weighted by molar-refractivity contribution is 9.10. The molecule has 0 aliphatic carbocycles. The first-order valence-electron chi connectivity index (χ1n) is 6.54. The highest BCUT2D eigenvalue weighted by Crippen LogP contribution is 2.32. The summed E-state index contributed by atoms with van der Waals surface area (Å²) in [5.41, 5.74) is 2.96. The zero-order valence-corrected chi connectivity index (χ0v) is 13.0. The molecule has 3 rings (SSSR count). The van der Waals surface area contributed by atoms with Gasteiger partial charge >= 0.3 is 0 Å². The second-order valence-corrected chi connectivity index (χ2v) is 5.52. The van der Waals surface area contributed by atoms with Crippen molar-refractivity contribution in [3.8, 4) is 22.8 Å². The van der Waals surface area contributed by atoms with E-state index in [9.17, 15) is 0 Å². The molecule has 0 aliphatic heterocycles. The third kappa shape index (κ3) is 3.28. The molecule has 4 heteroatoms. The van der Waals surface area contributed by atoms with Gasteiger partial charge in [0.15, 0.2) is 0 Å². The van der Waals surface area contributed by atoms with Crippen LogP contribution in [0.15, 0.2) is 65.3 Å². The number of halogens is 1. The molecule has 104 valence electrons. The third-order valence-corrected chi connectivity index (χ3v) is 3.73. The van der Waals surface area contributed by atoms with Gasteiger partial charge in [0.05, 0.1) is 5.69 Å². The number of nitrogens with zero attached hydrogens (tertiary/aromatic N) is 2. The van der Waals surface area contributed by atoms with Crippen LogP contribution >= 0.6 is 15.9 Å². The zero-order valence-electron chi connectivity index (χ0n) is 11.5. The molecular weight excluding hydrogens is 328 g/mol. The summed E-state index contributed by atoms with van der Waals surface area (Å²) < 4.78 is 6.84. The number of hydrogen-bond acceptors (Lipinski definition) is 3. The standard InChI is InChI=1S/C17H13BrN2O/c1-12-4-6-13(7-5-12)21-14-8-9-16(18)15(11-14)17-3-2-10-19-20-17/h2-11H,1H3. The van der Waals surface area contributed by atoms with Gasteiger partial charge in [0.25, 0.3) is 0 Å². The monoisotopic (exact) mass is 340 g/mol. The largest absolute Gasteiger partial charge is 0.457 e. The van der Waals surface area contributed by atoms with Crippen LogP contribution in [-0.4, -0.2) is 10.2 Å². The van der Waals surface area contributed by atoms with E-state index in [0.717, 1.165) is 27.2 Å². The molecule has 0 N–H and O–H groups in total. The molecular formula is C17H13BrN2O. The lowest BCUT2D eigenvalue weighted by Crippen LogP contribution is -1.89. The van der Waals surface area contributed by atoms with E-state index in [4.69, 9.17) is 4.74 Å². The van der Waals surface area contributed by atoms with Crippen LogP contribution in [0.1, 0.15) is 5.56 Å². The number of ether oxygens (including phenoxy) is 1. The zero-order chi connectivity index (χ0) is 14.7. The molecule has 0 atom stereocenters. The summed E-state index contributed by atoms with van der Waals surface area (Å²) in [6.07, 6.45) is 1.66. The van der Waals surface area contributed by atoms with Gasteiger partial charge in [0.1, 0.15) is 11.5 Å². The minimum absolute atomic E-state index is 0.766. The van der Waals surface area contributed by atoms with Crippen molar-refractivity contribution in [3.63, 3.8) is 0 Å². The Bertz CT molecular complexity index is 742. The van der Waals surface area contributed by atoms with E-state index in [0.29, 0.717) is 0 Å². The fourth-order valence-electron chi connectivity index (χ4n) is 1.95. The van der Waals surface area contributed by atoms with Crippen LogP contribution < -0.4 is 4.74 Å². The van der Waals surface area contributed by atoms with Crippen molar-refractivity contribution in [1.29, 1.82) is 0 Å². The number of benzene rings is 2. The molecule has 0 amide bonds. The van der Waals surface area contributed by atoms with Crippen LogP contribution in [0, 0.1) is 6.92 Å². The molecule has 0 bridgehead atoms. The molecule has 0 fully saturated rings. The van der Waals surface area contributed by atoms with Crippen molar-refractivity contribution in [2.24, 2.45) is 0 Å². The topological polar surface area (TPSA) is 35.0 Å². The highest BCUT2D eigenvalue weighted by Gasteiger charge is 2.07. The molecule has 0 unspecified atom stereocenters. The van der Waals surface area contributed by atoms with Crippen LogP contribution in [-0.2, 0) is 0 Å². The second kappa shape index (κ2) is 6.06. The lowest BCUT2D eigenvalue weighted by molar-refractivity contribution is 0.482. The van der Waals surface area contributed by atoms with Crippen LogP contribution in [0.5, 0.6) is 11.5 Å². The molecule has 21 heavy (non-hydrogen) atoms. The van der Waals surface area contributed by atoms with Gasteiger partial charge < -0.3 is 4.74 Å². The van der Waals surface area contributed by atoms with Gasteiger partial charge in [-0.15, -0.1) is 0 Å². The van der Waals surface area contributed by atoms with Gasteiger partial charge in [0.2, 0.25) is 0 Å². The average molecular weight is 341 g/mol. The molecule has 2 aromatic carbocycles. The molecule has 0 radical (unpaired) electrons. The van der Waals surface area contributed by atoms with E-state index in [1.54, 1.807) is 6.20 Å². The summed E-state index contributed by atoms with van der Waals surface area (Å²) in [5.74, 6) is 1.58. The van der Waals surface area contributed by atoms with E-state index in [1.807, 2.05) is 54.6 Å². The number of hydrogen-bond donors (Lipinski definition) is 0. The van der Waals surface area contributed by atoms with Gasteiger partial charge in [-0.25, -0.2) is 0 Å². The SMILES string of the molecule is Cc1ccc(Oc2ccc(Br)c(-c3cccnn3)c2)cc1. The predicted octanol–water partition coefficient (Wildman–Crippen LogP) is 5.01. The smallest absolute Gasteiger partial charge is 0.128 e. The number of aromatic nitrogens is 2. The lowest BCUT2D eigenvalue weighted by Gasteiger charge is -2.09. The highest BCUT2D eigenvalue weighted by atomic mass is 79.9. The quantitative estimate of drug-likeness (QED) is 0.672. The fraction of sp³-hybridized carbons (Fsp3) is 0.0588. The summed E-state index contributed by atoms with van der Waals surface area (Å²) in [6, 6.07) is 17.6. The summed E-state index contributed by atoms with van der Waals surface area (Å²) in [7, 11) is 0. The van der Waals surface area contributed by atoms with Gasteiger partial charge in [-0.2, -0.15) is 10.2 Å².